The van der Waals surface area contributed by atoms with Crippen LogP contribution in [0, 0.1) is 23.9 Å². The number of Topliss-reactive ketones (excluding diaryl/α,β-unsaturated/α-hetero) is 1. The Balaban J connectivity index is 0.000000538. The lowest BCUT2D eigenvalue weighted by atomic mass is 9.87. The molecular weight excluding hydrogens is 473 g/mol. The monoisotopic (exact) mass is 501 g/mol. The maximum Gasteiger partial charge on any atom is 0.255 e. The Morgan fingerprint density at radius 2 is 1.64 bits per heavy atom. The van der Waals surface area contributed by atoms with E-state index in [-0.39, 0.29) is 29.5 Å². The van der Waals surface area contributed by atoms with Gasteiger partial charge in [0, 0.05) is 37.0 Å². The van der Waals surface area contributed by atoms with E-state index in [4.69, 9.17) is 10.5 Å². The number of aromatic nitrogens is 1. The van der Waals surface area contributed by atoms with Crippen molar-refractivity contribution in [2.24, 2.45) is 5.92 Å². The number of rotatable bonds is 4. The number of aliphatic hydroxyl groups excluding tert-OH is 1. The maximum atomic E-state index is 13.1. The zero-order valence-corrected chi connectivity index (χ0v) is 19.5. The van der Waals surface area contributed by atoms with Gasteiger partial charge >= 0.3 is 0 Å². The fourth-order valence-electron chi connectivity index (χ4n) is 4.51. The van der Waals surface area contributed by atoms with Gasteiger partial charge in [-0.2, -0.15) is 10.5 Å². The summed E-state index contributed by atoms with van der Waals surface area (Å²) in [5.41, 5.74) is 1.09. The Labute approximate surface area is 207 Å². The van der Waals surface area contributed by atoms with Crippen molar-refractivity contribution in [1.29, 1.82) is 0 Å². The zero-order valence-electron chi connectivity index (χ0n) is 19.5. The molecule has 192 valence electrons. The van der Waals surface area contributed by atoms with Crippen LogP contribution in [0.2, 0.25) is 0 Å². The smallest absolute Gasteiger partial charge is 0.255 e. The van der Waals surface area contributed by atoms with Crippen molar-refractivity contribution in [2.45, 2.75) is 31.4 Å². The standard InChI is InChI=1S/C23H26FN3O3.C2H2O4/c24-19-5-3-16(4-6-19)22(29)17-7-11-26(12-8-17)20-15-27(13-9-21(20)28)23(30)18-2-1-10-25-14-18;3-5-1-2-6-4/h1-6,10,14,17,20-21,28H,7-9,11-13,15H2;3-4H. The van der Waals surface area contributed by atoms with Crippen LogP contribution in [0.5, 0.6) is 0 Å². The van der Waals surface area contributed by atoms with Crippen LogP contribution in [0.25, 0.3) is 0 Å². The van der Waals surface area contributed by atoms with E-state index < -0.39 is 6.10 Å². The van der Waals surface area contributed by atoms with Crippen LogP contribution in [0.1, 0.15) is 40.0 Å². The molecule has 11 heteroatoms. The van der Waals surface area contributed by atoms with Crippen LogP contribution in [0.15, 0.2) is 48.8 Å². The van der Waals surface area contributed by atoms with Crippen LogP contribution in [-0.2, 0) is 9.78 Å². The van der Waals surface area contributed by atoms with E-state index in [0.29, 0.717) is 56.6 Å². The Hall–Kier alpha value is -3.56. The summed E-state index contributed by atoms with van der Waals surface area (Å²) in [6.45, 7) is 2.36. The van der Waals surface area contributed by atoms with E-state index >= 15 is 0 Å². The van der Waals surface area contributed by atoms with Gasteiger partial charge in [-0.15, -0.1) is 0 Å². The predicted octanol–water partition coefficient (Wildman–Crippen LogP) is 2.27. The van der Waals surface area contributed by atoms with Crippen molar-refractivity contribution in [1.82, 2.24) is 14.8 Å². The topological polar surface area (TPSA) is 133 Å². The molecule has 2 aliphatic rings. The quantitative estimate of drug-likeness (QED) is 0.250. The molecule has 1 amide bonds. The van der Waals surface area contributed by atoms with Gasteiger partial charge in [0.05, 0.1) is 17.7 Å². The second-order valence-electron chi connectivity index (χ2n) is 8.48. The highest BCUT2D eigenvalue weighted by Crippen LogP contribution is 2.26. The minimum atomic E-state index is -0.493. The number of pyridine rings is 1. The number of benzene rings is 1. The molecule has 2 aliphatic heterocycles. The highest BCUT2D eigenvalue weighted by atomic mass is 19.1. The molecule has 4 rings (SSSR count). The normalized spacial score (nSPS) is 20.3. The first-order valence-electron chi connectivity index (χ1n) is 11.5. The summed E-state index contributed by atoms with van der Waals surface area (Å²) in [7, 11) is 0. The molecule has 1 aromatic heterocycles. The third kappa shape index (κ3) is 7.22. The van der Waals surface area contributed by atoms with Crippen molar-refractivity contribution in [3.63, 3.8) is 0 Å². The lowest BCUT2D eigenvalue weighted by Crippen LogP contribution is -2.58. The molecular formula is C25H28FN3O7. The van der Waals surface area contributed by atoms with Crippen LogP contribution < -0.4 is 0 Å². The van der Waals surface area contributed by atoms with E-state index in [0.717, 1.165) is 0 Å². The Morgan fingerprint density at radius 1 is 0.972 bits per heavy atom. The van der Waals surface area contributed by atoms with E-state index in [9.17, 15) is 19.1 Å². The van der Waals surface area contributed by atoms with Crippen LogP contribution >= 0.6 is 0 Å². The van der Waals surface area contributed by atoms with Gasteiger partial charge in [-0.25, -0.2) is 4.39 Å². The van der Waals surface area contributed by atoms with Gasteiger partial charge in [-0.05, 0) is 68.8 Å². The molecule has 2 unspecified atom stereocenters. The van der Waals surface area contributed by atoms with E-state index in [1.165, 1.54) is 36.5 Å². The van der Waals surface area contributed by atoms with Gasteiger partial charge in [-0.3, -0.25) is 29.2 Å². The molecule has 1 aromatic carbocycles. The third-order valence-corrected chi connectivity index (χ3v) is 6.37. The summed E-state index contributed by atoms with van der Waals surface area (Å²) >= 11 is 0. The maximum absolute atomic E-state index is 13.1. The first kappa shape index (κ1) is 27.0. The van der Waals surface area contributed by atoms with Crippen LogP contribution in [0.4, 0.5) is 4.39 Å². The number of likely N-dealkylation sites (tertiary alicyclic amines) is 2. The van der Waals surface area contributed by atoms with E-state index in [2.05, 4.69) is 19.7 Å². The Morgan fingerprint density at radius 3 is 2.22 bits per heavy atom. The van der Waals surface area contributed by atoms with Crippen molar-refractivity contribution < 1.29 is 39.4 Å². The fourth-order valence-corrected chi connectivity index (χ4v) is 4.51. The summed E-state index contributed by atoms with van der Waals surface area (Å²) in [5.74, 6) is -0.466. The number of ketones is 1. The van der Waals surface area contributed by atoms with E-state index in [1.807, 2.05) is 0 Å². The molecule has 3 heterocycles. The van der Waals surface area contributed by atoms with Gasteiger partial charge in [0.2, 0.25) is 12.2 Å². The Bertz CT molecular complexity index is 1040. The number of nitrogens with zero attached hydrogens (tertiary/aromatic N) is 3. The van der Waals surface area contributed by atoms with Gasteiger partial charge in [0.1, 0.15) is 5.82 Å². The first-order chi connectivity index (χ1) is 17.4. The third-order valence-electron chi connectivity index (χ3n) is 6.37. The number of hydrogen-bond donors (Lipinski definition) is 3. The number of carbonyl (C=O) groups excluding carboxylic acids is 2. The highest BCUT2D eigenvalue weighted by molar-refractivity contribution is 5.97. The summed E-state index contributed by atoms with van der Waals surface area (Å²) in [6, 6.07) is 9.06. The molecule has 0 saturated carbocycles. The van der Waals surface area contributed by atoms with Crippen molar-refractivity contribution in [2.75, 3.05) is 26.2 Å². The summed E-state index contributed by atoms with van der Waals surface area (Å²) in [4.78, 5) is 39.7. The number of amides is 1. The molecule has 10 nitrogen and oxygen atoms in total. The molecule has 2 atom stereocenters. The van der Waals surface area contributed by atoms with Crippen LogP contribution in [-0.4, -0.2) is 80.4 Å². The molecule has 0 bridgehead atoms. The lowest BCUT2D eigenvalue weighted by Gasteiger charge is -2.44. The summed E-state index contributed by atoms with van der Waals surface area (Å²) in [5, 5.41) is 25.2. The number of piperidine rings is 2. The molecule has 2 saturated heterocycles. The molecule has 2 fully saturated rings. The SMILES string of the molecule is O=C(c1ccc(F)cc1)C1CCN(C2CN(C(=O)c3cccnc3)CCC2O)CC1.OOC#COO. The van der Waals surface area contributed by atoms with Crippen LogP contribution in [0.3, 0.4) is 0 Å². The summed E-state index contributed by atoms with van der Waals surface area (Å²) in [6.07, 6.45) is 7.68. The van der Waals surface area contributed by atoms with Crippen molar-refractivity contribution in [3.8, 4) is 12.2 Å². The van der Waals surface area contributed by atoms with Crippen molar-refractivity contribution in [3.05, 3.63) is 65.7 Å². The van der Waals surface area contributed by atoms with Gasteiger partial charge in [0.15, 0.2) is 5.78 Å². The van der Waals surface area contributed by atoms with Gasteiger partial charge in [-0.1, -0.05) is 0 Å². The average Bonchev–Trinajstić information content (AvgIpc) is 2.93. The number of aliphatic hydroxyl groups is 1. The average molecular weight is 502 g/mol. The molecule has 36 heavy (non-hydrogen) atoms. The summed E-state index contributed by atoms with van der Waals surface area (Å²) < 4.78 is 13.1. The minimum absolute atomic E-state index is 0.0484. The Kier molecular flexibility index (Phi) is 10.1. The van der Waals surface area contributed by atoms with Gasteiger partial charge < -0.3 is 10.0 Å². The molecule has 3 N–H and O–H groups in total. The largest absolute Gasteiger partial charge is 0.391 e. The number of halogens is 1. The number of hydrogen-bond acceptors (Lipinski definition) is 9. The fraction of sp³-hybridized carbons (Fsp3) is 0.400. The highest BCUT2D eigenvalue weighted by Gasteiger charge is 2.37. The second kappa shape index (κ2) is 13.5. The van der Waals surface area contributed by atoms with Gasteiger partial charge in [0.25, 0.3) is 5.91 Å². The lowest BCUT2D eigenvalue weighted by molar-refractivity contribution is -0.188. The molecule has 0 aliphatic carbocycles. The zero-order chi connectivity index (χ0) is 25.9. The second-order valence-corrected chi connectivity index (χ2v) is 8.48. The van der Waals surface area contributed by atoms with Crippen molar-refractivity contribution >= 4 is 11.7 Å². The molecule has 0 radical (unpaired) electrons. The minimum Gasteiger partial charge on any atom is -0.391 e. The van der Waals surface area contributed by atoms with E-state index in [1.54, 1.807) is 29.4 Å². The number of carbonyl (C=O) groups is 2. The first-order valence-corrected chi connectivity index (χ1v) is 11.5. The molecule has 2 aromatic rings. The molecule has 0 spiro atoms. The predicted molar refractivity (Wildman–Crippen MR) is 125 cm³/mol.